The number of hydrogen-bond donors (Lipinski definition) is 0. The van der Waals surface area contributed by atoms with E-state index in [1.807, 2.05) is 0 Å². The van der Waals surface area contributed by atoms with Crippen LogP contribution in [0, 0.1) is 39.5 Å². The van der Waals surface area contributed by atoms with Crippen molar-refractivity contribution in [1.29, 1.82) is 0 Å². The Hall–Kier alpha value is -1.89. The van der Waals surface area contributed by atoms with Gasteiger partial charge in [0.05, 0.1) is 0 Å². The van der Waals surface area contributed by atoms with Crippen molar-refractivity contribution in [2.45, 2.75) is 117 Å². The molecule has 2 aromatic carbocycles. The van der Waals surface area contributed by atoms with Crippen LogP contribution in [-0.2, 0) is 4.79 Å². The monoisotopic (exact) mass is 458 g/mol. The predicted octanol–water partition coefficient (Wildman–Crippen LogP) is 9.30. The van der Waals surface area contributed by atoms with E-state index in [4.69, 9.17) is 0 Å². The molecular weight excluding hydrogens is 412 g/mol. The molecule has 0 N–H and O–H groups in total. The second kappa shape index (κ2) is 11.7. The lowest BCUT2D eigenvalue weighted by atomic mass is 9.71. The summed E-state index contributed by atoms with van der Waals surface area (Å²) in [6.45, 7) is 8.82. The van der Waals surface area contributed by atoms with Gasteiger partial charge in [-0.05, 0) is 110 Å². The van der Waals surface area contributed by atoms with E-state index in [2.05, 4.69) is 64.1 Å². The third-order valence-corrected chi connectivity index (χ3v) is 9.25. The van der Waals surface area contributed by atoms with Crippen molar-refractivity contribution in [3.63, 3.8) is 0 Å². The van der Waals surface area contributed by atoms with Crippen molar-refractivity contribution in [2.24, 2.45) is 11.8 Å². The summed E-state index contributed by atoms with van der Waals surface area (Å²) in [4.78, 5) is 13.8. The molecule has 0 aromatic heterocycles. The molecule has 4 rings (SSSR count). The highest BCUT2D eigenvalue weighted by molar-refractivity contribution is 5.80. The van der Waals surface area contributed by atoms with Crippen LogP contribution in [0.4, 0.5) is 0 Å². The lowest BCUT2D eigenvalue weighted by Crippen LogP contribution is -2.23. The molecule has 2 atom stereocenters. The van der Waals surface area contributed by atoms with Gasteiger partial charge < -0.3 is 0 Å². The fourth-order valence-electron chi connectivity index (χ4n) is 6.75. The van der Waals surface area contributed by atoms with Crippen LogP contribution >= 0.6 is 0 Å². The first-order valence-corrected chi connectivity index (χ1v) is 14.1. The van der Waals surface area contributed by atoms with Crippen LogP contribution in [0.2, 0.25) is 0 Å². The van der Waals surface area contributed by atoms with Gasteiger partial charge in [-0.25, -0.2) is 0 Å². The Morgan fingerprint density at radius 2 is 1.00 bits per heavy atom. The van der Waals surface area contributed by atoms with Crippen LogP contribution in [0.5, 0.6) is 0 Å². The Balaban J connectivity index is 1.56. The molecule has 184 valence electrons. The summed E-state index contributed by atoms with van der Waals surface area (Å²) in [5.41, 5.74) is 8.24. The normalized spacial score (nSPS) is 19.6. The Labute approximate surface area is 208 Å². The Bertz CT molecular complexity index is 881. The minimum Gasteiger partial charge on any atom is -0.300 e. The van der Waals surface area contributed by atoms with Crippen molar-refractivity contribution >= 4 is 5.78 Å². The molecule has 2 aromatic rings. The van der Waals surface area contributed by atoms with Gasteiger partial charge >= 0.3 is 0 Å². The van der Waals surface area contributed by atoms with Crippen molar-refractivity contribution in [3.8, 4) is 0 Å². The number of aryl methyl sites for hydroxylation is 4. The average Bonchev–Trinajstić information content (AvgIpc) is 2.86. The number of carbonyl (C=O) groups excluding carboxylic acids is 1. The summed E-state index contributed by atoms with van der Waals surface area (Å²) in [7, 11) is 0. The summed E-state index contributed by atoms with van der Waals surface area (Å²) >= 11 is 0. The van der Waals surface area contributed by atoms with Crippen molar-refractivity contribution in [1.82, 2.24) is 0 Å². The molecule has 0 saturated heterocycles. The van der Waals surface area contributed by atoms with Crippen LogP contribution in [0.1, 0.15) is 122 Å². The number of carbonyl (C=O) groups is 1. The molecule has 0 unspecified atom stereocenters. The molecule has 0 amide bonds. The molecule has 34 heavy (non-hydrogen) atoms. The van der Waals surface area contributed by atoms with Gasteiger partial charge in [0.1, 0.15) is 5.78 Å². The number of hydrogen-bond acceptors (Lipinski definition) is 1. The van der Waals surface area contributed by atoms with Crippen molar-refractivity contribution in [2.75, 3.05) is 0 Å². The zero-order valence-electron chi connectivity index (χ0n) is 22.2. The van der Waals surface area contributed by atoms with Gasteiger partial charge in [0.25, 0.3) is 0 Å². The SMILES string of the molecule is Cc1ccc([C@@H](CC(=O)C[C@@H](c2ccc(C)c(C)c2)C2CCCCC2)C2CCCCC2)cc1C. The molecule has 2 fully saturated rings. The summed E-state index contributed by atoms with van der Waals surface area (Å²) in [5.74, 6) is 2.59. The summed E-state index contributed by atoms with van der Waals surface area (Å²) in [5, 5.41) is 0. The van der Waals surface area contributed by atoms with E-state index >= 15 is 0 Å². The van der Waals surface area contributed by atoms with Crippen LogP contribution in [0.25, 0.3) is 0 Å². The molecule has 0 heterocycles. The van der Waals surface area contributed by atoms with E-state index in [9.17, 15) is 4.79 Å². The molecule has 1 heteroatoms. The highest BCUT2D eigenvalue weighted by atomic mass is 16.1. The molecule has 0 bridgehead atoms. The number of ketones is 1. The fourth-order valence-corrected chi connectivity index (χ4v) is 6.75. The maximum atomic E-state index is 13.8. The quantitative estimate of drug-likeness (QED) is 0.385. The topological polar surface area (TPSA) is 17.1 Å². The molecule has 2 saturated carbocycles. The minimum absolute atomic E-state index is 0.388. The Kier molecular flexibility index (Phi) is 8.67. The first kappa shape index (κ1) is 25.2. The number of Topliss-reactive ketones (excluding diaryl/α,β-unsaturated/α-hetero) is 1. The van der Waals surface area contributed by atoms with Gasteiger partial charge in [0.15, 0.2) is 0 Å². The molecule has 0 spiro atoms. The van der Waals surface area contributed by atoms with Gasteiger partial charge in [-0.2, -0.15) is 0 Å². The first-order chi connectivity index (χ1) is 16.4. The van der Waals surface area contributed by atoms with E-state index in [1.165, 1.54) is 97.6 Å². The molecule has 0 radical (unpaired) electrons. The number of rotatable bonds is 8. The third-order valence-electron chi connectivity index (χ3n) is 9.25. The smallest absolute Gasteiger partial charge is 0.134 e. The fraction of sp³-hybridized carbons (Fsp3) is 0.606. The van der Waals surface area contributed by atoms with E-state index in [-0.39, 0.29) is 0 Å². The lowest BCUT2D eigenvalue weighted by Gasteiger charge is -2.33. The second-order valence-corrected chi connectivity index (χ2v) is 11.6. The molecule has 2 aliphatic rings. The second-order valence-electron chi connectivity index (χ2n) is 11.6. The van der Waals surface area contributed by atoms with Crippen LogP contribution in [0.3, 0.4) is 0 Å². The van der Waals surface area contributed by atoms with E-state index in [1.54, 1.807) is 0 Å². The molecule has 2 aliphatic carbocycles. The van der Waals surface area contributed by atoms with Gasteiger partial charge in [-0.3, -0.25) is 4.79 Å². The minimum atomic E-state index is 0.388. The third kappa shape index (κ3) is 6.21. The maximum absolute atomic E-state index is 13.8. The van der Waals surface area contributed by atoms with Crippen LogP contribution in [0.15, 0.2) is 36.4 Å². The zero-order chi connectivity index (χ0) is 24.1. The summed E-state index contributed by atoms with van der Waals surface area (Å²) in [6, 6.07) is 13.9. The van der Waals surface area contributed by atoms with Crippen molar-refractivity contribution in [3.05, 3.63) is 69.8 Å². The van der Waals surface area contributed by atoms with Gasteiger partial charge in [0, 0.05) is 12.8 Å². The van der Waals surface area contributed by atoms with Crippen LogP contribution in [-0.4, -0.2) is 5.78 Å². The summed E-state index contributed by atoms with van der Waals surface area (Å²) < 4.78 is 0. The molecule has 0 aliphatic heterocycles. The van der Waals surface area contributed by atoms with Crippen LogP contribution < -0.4 is 0 Å². The largest absolute Gasteiger partial charge is 0.300 e. The highest BCUT2D eigenvalue weighted by Gasteiger charge is 2.31. The van der Waals surface area contributed by atoms with Gasteiger partial charge in [-0.1, -0.05) is 74.9 Å². The maximum Gasteiger partial charge on any atom is 0.134 e. The summed E-state index contributed by atoms with van der Waals surface area (Å²) in [6.07, 6.45) is 14.6. The van der Waals surface area contributed by atoms with Gasteiger partial charge in [0.2, 0.25) is 0 Å². The molecular formula is C33H46O. The Morgan fingerprint density at radius 3 is 1.35 bits per heavy atom. The van der Waals surface area contributed by atoms with E-state index in [0.29, 0.717) is 29.5 Å². The molecule has 1 nitrogen and oxygen atoms in total. The standard InChI is InChI=1S/C33H46O/c1-23-15-17-29(19-25(23)3)32(27-11-7-5-8-12-27)21-31(34)22-33(28-13-9-6-10-14-28)30-18-16-24(2)26(4)20-30/h15-20,27-28,32-33H,5-14,21-22H2,1-4H3/t32-,33+. The lowest BCUT2D eigenvalue weighted by molar-refractivity contribution is -0.120. The van der Waals surface area contributed by atoms with E-state index in [0.717, 1.165) is 12.8 Å². The van der Waals surface area contributed by atoms with E-state index < -0.39 is 0 Å². The first-order valence-electron chi connectivity index (χ1n) is 14.1. The van der Waals surface area contributed by atoms with Crippen molar-refractivity contribution < 1.29 is 4.79 Å². The Morgan fingerprint density at radius 1 is 0.618 bits per heavy atom. The average molecular weight is 459 g/mol. The zero-order valence-corrected chi connectivity index (χ0v) is 22.2. The highest BCUT2D eigenvalue weighted by Crippen LogP contribution is 2.42. The van der Waals surface area contributed by atoms with Gasteiger partial charge in [-0.15, -0.1) is 0 Å². The number of benzene rings is 2. The predicted molar refractivity (Wildman–Crippen MR) is 145 cm³/mol.